The third-order valence-corrected chi connectivity index (χ3v) is 3.14. The number of carbonyl (C=O) groups is 1. The van der Waals surface area contributed by atoms with E-state index in [0.717, 1.165) is 6.07 Å². The van der Waals surface area contributed by atoms with Crippen LogP contribution in [0.4, 0.5) is 4.39 Å². The zero-order valence-corrected chi connectivity index (χ0v) is 10.4. The smallest absolute Gasteiger partial charge is 0.340 e. The zero-order chi connectivity index (χ0) is 13.1. The lowest BCUT2D eigenvalue weighted by Gasteiger charge is -2.12. The maximum atomic E-state index is 13.4. The van der Waals surface area contributed by atoms with Gasteiger partial charge in [-0.05, 0) is 30.0 Å². The Kier molecular flexibility index (Phi) is 3.71. The van der Waals surface area contributed by atoms with Crippen LogP contribution in [-0.4, -0.2) is 30.2 Å². The number of esters is 1. The van der Waals surface area contributed by atoms with Crippen LogP contribution in [-0.2, 0) is 4.74 Å². The fourth-order valence-corrected chi connectivity index (χ4v) is 2.16. The summed E-state index contributed by atoms with van der Waals surface area (Å²) in [6.45, 7) is 0.432. The van der Waals surface area contributed by atoms with Crippen molar-refractivity contribution >= 4 is 22.9 Å². The Bertz CT molecular complexity index is 507. The van der Waals surface area contributed by atoms with Crippen LogP contribution >= 0.6 is 11.8 Å². The molecule has 7 heteroatoms. The van der Waals surface area contributed by atoms with Gasteiger partial charge in [0.05, 0.1) is 19.2 Å². The number of thioether (sulfide) groups is 1. The molecule has 1 aliphatic heterocycles. The fraction of sp³-hybridized carbons (Fsp3) is 0.273. The van der Waals surface area contributed by atoms with E-state index in [4.69, 9.17) is 10.5 Å². The van der Waals surface area contributed by atoms with Gasteiger partial charge in [-0.2, -0.15) is 0 Å². The van der Waals surface area contributed by atoms with Crippen LogP contribution in [0.1, 0.15) is 10.4 Å². The van der Waals surface area contributed by atoms with Gasteiger partial charge < -0.3 is 15.2 Å². The summed E-state index contributed by atoms with van der Waals surface area (Å²) in [5, 5.41) is 0.454. The monoisotopic (exact) mass is 270 g/mol. The van der Waals surface area contributed by atoms with E-state index in [1.165, 1.54) is 31.0 Å². The molecule has 1 aliphatic rings. The molecular weight excluding hydrogens is 259 g/mol. The summed E-state index contributed by atoms with van der Waals surface area (Å²) < 4.78 is 23.4. The highest BCUT2D eigenvalue weighted by molar-refractivity contribution is 8.14. The largest absolute Gasteiger partial charge is 0.477 e. The molecule has 18 heavy (non-hydrogen) atoms. The molecule has 0 fully saturated rings. The van der Waals surface area contributed by atoms with Crippen molar-refractivity contribution in [2.45, 2.75) is 5.44 Å². The Morgan fingerprint density at radius 1 is 1.61 bits per heavy atom. The summed E-state index contributed by atoms with van der Waals surface area (Å²) in [6, 6.07) is 3.90. The van der Waals surface area contributed by atoms with Gasteiger partial charge in [-0.15, -0.1) is 0 Å². The van der Waals surface area contributed by atoms with E-state index in [-0.39, 0.29) is 11.0 Å². The third kappa shape index (κ3) is 2.73. The molecule has 0 radical (unpaired) electrons. The maximum Gasteiger partial charge on any atom is 0.340 e. The van der Waals surface area contributed by atoms with Gasteiger partial charge in [-0.3, -0.25) is 4.99 Å². The molecule has 0 bridgehead atoms. The SMILES string of the molecule is COC(=O)c1cc(OC2CN=C(N)S2)ccc1F. The second-order valence-corrected chi connectivity index (χ2v) is 4.66. The van der Waals surface area contributed by atoms with Crippen LogP contribution in [0.25, 0.3) is 0 Å². The summed E-state index contributed by atoms with van der Waals surface area (Å²) in [7, 11) is 1.19. The topological polar surface area (TPSA) is 73.9 Å². The molecule has 0 saturated carbocycles. The second-order valence-electron chi connectivity index (χ2n) is 3.48. The Labute approximate surface area is 107 Å². The lowest BCUT2D eigenvalue weighted by Crippen LogP contribution is -2.14. The predicted octanol–water partition coefficient (Wildman–Crippen LogP) is 1.38. The number of nitrogens with two attached hydrogens (primary N) is 1. The Hall–Kier alpha value is -1.76. The first kappa shape index (κ1) is 12.7. The van der Waals surface area contributed by atoms with Gasteiger partial charge in [0.25, 0.3) is 0 Å². The van der Waals surface area contributed by atoms with Crippen LogP contribution < -0.4 is 10.5 Å². The van der Waals surface area contributed by atoms with E-state index in [1.54, 1.807) is 0 Å². The molecule has 96 valence electrons. The van der Waals surface area contributed by atoms with E-state index in [1.807, 2.05) is 0 Å². The van der Waals surface area contributed by atoms with Gasteiger partial charge in [0.1, 0.15) is 11.6 Å². The van der Waals surface area contributed by atoms with Gasteiger partial charge in [-0.1, -0.05) is 0 Å². The molecule has 2 N–H and O–H groups in total. The summed E-state index contributed by atoms with van der Waals surface area (Å²) in [5.74, 6) is -1.02. The fourth-order valence-electron chi connectivity index (χ4n) is 1.43. The maximum absolute atomic E-state index is 13.4. The van der Waals surface area contributed by atoms with Crippen molar-refractivity contribution < 1.29 is 18.7 Å². The number of rotatable bonds is 3. The normalized spacial score (nSPS) is 18.3. The number of aliphatic imine (C=N–C) groups is 1. The number of hydrogen-bond donors (Lipinski definition) is 1. The molecule has 1 aromatic rings. The van der Waals surface area contributed by atoms with Crippen molar-refractivity contribution in [3.8, 4) is 5.75 Å². The standard InChI is InChI=1S/C11H11FN2O3S/c1-16-10(15)7-4-6(2-3-8(7)12)17-9-5-14-11(13)18-9/h2-4,9H,5H2,1H3,(H2,13,14). The van der Waals surface area contributed by atoms with Crippen molar-refractivity contribution in [3.05, 3.63) is 29.6 Å². The second kappa shape index (κ2) is 5.26. The number of nitrogens with zero attached hydrogens (tertiary/aromatic N) is 1. The minimum absolute atomic E-state index is 0.160. The van der Waals surface area contributed by atoms with Crippen LogP contribution in [0, 0.1) is 5.82 Å². The molecule has 0 aliphatic carbocycles. The summed E-state index contributed by atoms with van der Waals surface area (Å²) in [5.41, 5.74) is 5.09. The van der Waals surface area contributed by atoms with Crippen molar-refractivity contribution in [2.24, 2.45) is 10.7 Å². The molecule has 1 atom stereocenters. The summed E-state index contributed by atoms with van der Waals surface area (Å²) >= 11 is 1.28. The first-order valence-corrected chi connectivity index (χ1v) is 5.99. The lowest BCUT2D eigenvalue weighted by molar-refractivity contribution is 0.0595. The van der Waals surface area contributed by atoms with E-state index < -0.39 is 11.8 Å². The van der Waals surface area contributed by atoms with E-state index >= 15 is 0 Å². The van der Waals surface area contributed by atoms with Gasteiger partial charge >= 0.3 is 5.97 Å². The van der Waals surface area contributed by atoms with Crippen molar-refractivity contribution in [1.29, 1.82) is 0 Å². The molecule has 1 unspecified atom stereocenters. The van der Waals surface area contributed by atoms with Gasteiger partial charge in [0.15, 0.2) is 10.6 Å². The summed E-state index contributed by atoms with van der Waals surface area (Å²) in [6.07, 6.45) is 0. The minimum atomic E-state index is -0.743. The van der Waals surface area contributed by atoms with E-state index in [2.05, 4.69) is 9.73 Å². The molecule has 1 aromatic carbocycles. The number of halogens is 1. The van der Waals surface area contributed by atoms with Crippen LogP contribution in [0.15, 0.2) is 23.2 Å². The highest BCUT2D eigenvalue weighted by atomic mass is 32.2. The van der Waals surface area contributed by atoms with Crippen LogP contribution in [0.2, 0.25) is 0 Å². The average molecular weight is 270 g/mol. The highest BCUT2D eigenvalue weighted by Crippen LogP contribution is 2.25. The number of carbonyl (C=O) groups excluding carboxylic acids is 1. The predicted molar refractivity (Wildman–Crippen MR) is 66.2 cm³/mol. The van der Waals surface area contributed by atoms with Crippen molar-refractivity contribution in [2.75, 3.05) is 13.7 Å². The number of methoxy groups -OCH3 is 1. The Morgan fingerprint density at radius 2 is 2.39 bits per heavy atom. The first-order valence-electron chi connectivity index (χ1n) is 5.11. The Balaban J connectivity index is 2.12. The highest BCUT2D eigenvalue weighted by Gasteiger charge is 2.20. The third-order valence-electron chi connectivity index (χ3n) is 2.26. The molecule has 0 amide bonds. The average Bonchev–Trinajstić information content (AvgIpc) is 2.76. The molecule has 0 spiro atoms. The van der Waals surface area contributed by atoms with Crippen LogP contribution in [0.5, 0.6) is 5.75 Å². The van der Waals surface area contributed by atoms with Gasteiger partial charge in [0.2, 0.25) is 0 Å². The lowest BCUT2D eigenvalue weighted by atomic mass is 10.2. The van der Waals surface area contributed by atoms with Crippen molar-refractivity contribution in [3.63, 3.8) is 0 Å². The van der Waals surface area contributed by atoms with E-state index in [0.29, 0.717) is 17.5 Å². The Morgan fingerprint density at radius 3 is 3.00 bits per heavy atom. The molecule has 5 nitrogen and oxygen atoms in total. The summed E-state index contributed by atoms with van der Waals surface area (Å²) in [4.78, 5) is 15.3. The molecule has 0 aromatic heterocycles. The quantitative estimate of drug-likeness (QED) is 0.840. The molecular formula is C11H11FN2O3S. The first-order chi connectivity index (χ1) is 8.60. The van der Waals surface area contributed by atoms with Crippen LogP contribution in [0.3, 0.4) is 0 Å². The van der Waals surface area contributed by atoms with Gasteiger partial charge in [0, 0.05) is 0 Å². The van der Waals surface area contributed by atoms with Crippen molar-refractivity contribution in [1.82, 2.24) is 0 Å². The molecule has 2 rings (SSSR count). The number of hydrogen-bond acceptors (Lipinski definition) is 6. The van der Waals surface area contributed by atoms with Gasteiger partial charge in [-0.25, -0.2) is 9.18 Å². The number of ether oxygens (including phenoxy) is 2. The molecule has 1 heterocycles. The number of amidine groups is 1. The minimum Gasteiger partial charge on any atom is -0.477 e. The molecule has 0 saturated heterocycles. The zero-order valence-electron chi connectivity index (χ0n) is 9.55. The number of benzene rings is 1. The van der Waals surface area contributed by atoms with E-state index in [9.17, 15) is 9.18 Å².